The average Bonchev–Trinajstić information content (AvgIpc) is 3.24. The number of rotatable bonds is 5. The van der Waals surface area contributed by atoms with Crippen molar-refractivity contribution in [2.24, 2.45) is 11.3 Å². The molecule has 1 fully saturated rings. The van der Waals surface area contributed by atoms with Crippen LogP contribution in [0.3, 0.4) is 0 Å². The van der Waals surface area contributed by atoms with Crippen molar-refractivity contribution >= 4 is 5.91 Å². The highest BCUT2D eigenvalue weighted by Gasteiger charge is 2.50. The van der Waals surface area contributed by atoms with Crippen LogP contribution in [-0.2, 0) is 12.8 Å². The number of benzene rings is 2. The SMILES string of the molecule is CC(C)NC(=O)c1noc(-c2cc(C(C)C)c(O)cc2O)c1-c1ccc2c(c1)CCC1(C)CC1C2. The van der Waals surface area contributed by atoms with E-state index in [9.17, 15) is 15.0 Å². The van der Waals surface area contributed by atoms with Crippen molar-refractivity contribution in [2.45, 2.75) is 72.3 Å². The fourth-order valence-corrected chi connectivity index (χ4v) is 5.49. The molecule has 35 heavy (non-hydrogen) atoms. The lowest BCUT2D eigenvalue weighted by atomic mass is 9.91. The molecule has 6 nitrogen and oxygen atoms in total. The van der Waals surface area contributed by atoms with Gasteiger partial charge in [-0.05, 0) is 85.1 Å². The zero-order valence-corrected chi connectivity index (χ0v) is 21.1. The third kappa shape index (κ3) is 4.19. The summed E-state index contributed by atoms with van der Waals surface area (Å²) in [5.41, 5.74) is 5.81. The number of fused-ring (bicyclic) bond motifs is 2. The Balaban J connectivity index is 1.66. The van der Waals surface area contributed by atoms with E-state index in [4.69, 9.17) is 4.52 Å². The quantitative estimate of drug-likeness (QED) is 0.409. The Kier molecular flexibility index (Phi) is 5.65. The Hall–Kier alpha value is -3.28. The predicted molar refractivity (Wildman–Crippen MR) is 136 cm³/mol. The minimum absolute atomic E-state index is 0.0252. The van der Waals surface area contributed by atoms with Crippen LogP contribution in [0.15, 0.2) is 34.9 Å². The van der Waals surface area contributed by atoms with Crippen LogP contribution in [0.5, 0.6) is 11.5 Å². The maximum absolute atomic E-state index is 13.1. The van der Waals surface area contributed by atoms with Crippen molar-refractivity contribution in [3.8, 4) is 33.9 Å². The Morgan fingerprint density at radius 3 is 2.60 bits per heavy atom. The molecule has 0 spiro atoms. The molecule has 0 aliphatic heterocycles. The summed E-state index contributed by atoms with van der Waals surface area (Å²) in [4.78, 5) is 13.1. The molecule has 5 rings (SSSR count). The molecule has 2 aliphatic carbocycles. The smallest absolute Gasteiger partial charge is 0.274 e. The summed E-state index contributed by atoms with van der Waals surface area (Å²) in [7, 11) is 0. The summed E-state index contributed by atoms with van der Waals surface area (Å²) in [5, 5.41) is 28.2. The van der Waals surface area contributed by atoms with Crippen molar-refractivity contribution in [3.05, 3.63) is 52.7 Å². The zero-order chi connectivity index (χ0) is 25.1. The van der Waals surface area contributed by atoms with Crippen LogP contribution in [0.4, 0.5) is 0 Å². The number of carbonyl (C=O) groups excluding carboxylic acids is 1. The van der Waals surface area contributed by atoms with Crippen LogP contribution in [0.1, 0.15) is 80.6 Å². The highest BCUT2D eigenvalue weighted by Crippen LogP contribution is 2.58. The van der Waals surface area contributed by atoms with E-state index in [0.29, 0.717) is 27.9 Å². The summed E-state index contributed by atoms with van der Waals surface area (Å²) < 4.78 is 5.75. The third-order valence-corrected chi connectivity index (χ3v) is 7.80. The standard InChI is InChI=1S/C29H34N2O4/c1-15(2)21-12-22(24(33)13-23(21)32)27-25(26(31-35-27)28(34)30-16(3)4)19-7-6-17-11-20-14-29(20,5)9-8-18(17)10-19/h6-7,10,12-13,15-16,20,32-33H,8-9,11,14H2,1-5H3,(H,30,34). The molecule has 1 saturated carbocycles. The maximum Gasteiger partial charge on any atom is 0.274 e. The molecule has 2 aliphatic rings. The van der Waals surface area contributed by atoms with Crippen LogP contribution < -0.4 is 5.32 Å². The minimum atomic E-state index is -0.323. The number of hydrogen-bond donors (Lipinski definition) is 3. The van der Waals surface area contributed by atoms with Crippen LogP contribution in [0, 0.1) is 11.3 Å². The number of nitrogens with zero attached hydrogens (tertiary/aromatic N) is 1. The summed E-state index contributed by atoms with van der Waals surface area (Å²) >= 11 is 0. The van der Waals surface area contributed by atoms with Gasteiger partial charge in [0.05, 0.1) is 11.1 Å². The molecule has 3 N–H and O–H groups in total. The fourth-order valence-electron chi connectivity index (χ4n) is 5.49. The highest BCUT2D eigenvalue weighted by molar-refractivity contribution is 6.02. The number of carbonyl (C=O) groups is 1. The van der Waals surface area contributed by atoms with Crippen LogP contribution in [-0.4, -0.2) is 27.3 Å². The van der Waals surface area contributed by atoms with Gasteiger partial charge in [0, 0.05) is 12.1 Å². The van der Waals surface area contributed by atoms with E-state index in [-0.39, 0.29) is 35.1 Å². The molecule has 2 aromatic carbocycles. The lowest BCUT2D eigenvalue weighted by Gasteiger charge is -2.14. The first kappa shape index (κ1) is 23.5. The van der Waals surface area contributed by atoms with E-state index in [1.807, 2.05) is 33.8 Å². The maximum atomic E-state index is 13.1. The van der Waals surface area contributed by atoms with E-state index >= 15 is 0 Å². The number of aromatic hydroxyl groups is 2. The van der Waals surface area contributed by atoms with Gasteiger partial charge in [-0.25, -0.2) is 0 Å². The normalized spacial score (nSPS) is 20.9. The minimum Gasteiger partial charge on any atom is -0.508 e. The Bertz CT molecular complexity index is 1310. The Morgan fingerprint density at radius 1 is 1.11 bits per heavy atom. The van der Waals surface area contributed by atoms with Crippen LogP contribution in [0.2, 0.25) is 0 Å². The first-order chi connectivity index (χ1) is 16.6. The van der Waals surface area contributed by atoms with E-state index in [1.54, 1.807) is 6.07 Å². The van der Waals surface area contributed by atoms with Gasteiger partial charge in [0.1, 0.15) is 11.5 Å². The van der Waals surface area contributed by atoms with Gasteiger partial charge in [-0.2, -0.15) is 0 Å². The number of amides is 1. The largest absolute Gasteiger partial charge is 0.508 e. The lowest BCUT2D eigenvalue weighted by Crippen LogP contribution is -2.30. The number of aromatic nitrogens is 1. The molecule has 1 aromatic heterocycles. The lowest BCUT2D eigenvalue weighted by molar-refractivity contribution is 0.0934. The van der Waals surface area contributed by atoms with Gasteiger partial charge in [0.2, 0.25) is 0 Å². The third-order valence-electron chi connectivity index (χ3n) is 7.80. The molecule has 1 amide bonds. The Morgan fingerprint density at radius 2 is 1.89 bits per heavy atom. The average molecular weight is 475 g/mol. The van der Waals surface area contributed by atoms with Crippen molar-refractivity contribution < 1.29 is 19.5 Å². The Labute approximate surface area is 206 Å². The van der Waals surface area contributed by atoms with Crippen molar-refractivity contribution in [1.29, 1.82) is 0 Å². The number of aryl methyl sites for hydroxylation is 1. The van der Waals surface area contributed by atoms with Crippen LogP contribution in [0.25, 0.3) is 22.5 Å². The zero-order valence-electron chi connectivity index (χ0n) is 21.1. The van der Waals surface area contributed by atoms with Gasteiger partial charge in [-0.15, -0.1) is 0 Å². The first-order valence-corrected chi connectivity index (χ1v) is 12.6. The van der Waals surface area contributed by atoms with Crippen molar-refractivity contribution in [2.75, 3.05) is 0 Å². The van der Waals surface area contributed by atoms with Gasteiger partial charge in [0.25, 0.3) is 5.91 Å². The summed E-state index contributed by atoms with van der Waals surface area (Å²) in [6.07, 6.45) is 4.58. The molecule has 6 heteroatoms. The molecular weight excluding hydrogens is 440 g/mol. The van der Waals surface area contributed by atoms with E-state index in [0.717, 1.165) is 24.3 Å². The molecule has 0 radical (unpaired) electrons. The molecule has 2 atom stereocenters. The summed E-state index contributed by atoms with van der Waals surface area (Å²) in [6.45, 7) is 10.1. The highest BCUT2D eigenvalue weighted by atomic mass is 16.5. The fraction of sp³-hybridized carbons (Fsp3) is 0.448. The monoisotopic (exact) mass is 474 g/mol. The number of nitrogens with one attached hydrogen (secondary N) is 1. The van der Waals surface area contributed by atoms with Gasteiger partial charge < -0.3 is 20.1 Å². The first-order valence-electron chi connectivity index (χ1n) is 12.6. The van der Waals surface area contributed by atoms with E-state index in [1.165, 1.54) is 30.0 Å². The van der Waals surface area contributed by atoms with Crippen molar-refractivity contribution in [3.63, 3.8) is 0 Å². The van der Waals surface area contributed by atoms with E-state index in [2.05, 4.69) is 29.5 Å². The molecule has 1 heterocycles. The number of phenolic OH excluding ortho intramolecular Hbond substituents is 2. The topological polar surface area (TPSA) is 95.6 Å². The second kappa shape index (κ2) is 8.43. The molecule has 184 valence electrons. The number of phenols is 2. The molecular formula is C29H34N2O4. The van der Waals surface area contributed by atoms with E-state index < -0.39 is 0 Å². The van der Waals surface area contributed by atoms with Gasteiger partial charge in [-0.3, -0.25) is 4.79 Å². The second-order valence-corrected chi connectivity index (χ2v) is 11.2. The van der Waals surface area contributed by atoms with Gasteiger partial charge >= 0.3 is 0 Å². The second-order valence-electron chi connectivity index (χ2n) is 11.2. The summed E-state index contributed by atoms with van der Waals surface area (Å²) in [5.74, 6) is 0.694. The molecule has 0 saturated heterocycles. The molecule has 3 aromatic rings. The molecule has 0 bridgehead atoms. The van der Waals surface area contributed by atoms with Gasteiger partial charge in [-0.1, -0.05) is 44.1 Å². The van der Waals surface area contributed by atoms with Gasteiger partial charge in [0.15, 0.2) is 11.5 Å². The molecule has 2 unspecified atom stereocenters. The van der Waals surface area contributed by atoms with Crippen molar-refractivity contribution in [1.82, 2.24) is 10.5 Å². The predicted octanol–water partition coefficient (Wildman–Crippen LogP) is 6.20. The number of hydrogen-bond acceptors (Lipinski definition) is 5. The summed E-state index contributed by atoms with van der Waals surface area (Å²) in [6, 6.07) is 9.35. The van der Waals surface area contributed by atoms with Crippen LogP contribution >= 0.6 is 0 Å².